The van der Waals surface area contributed by atoms with Crippen LogP contribution < -0.4 is 10.2 Å². The largest absolute Gasteiger partial charge is 0.497 e. The molecule has 0 aliphatic heterocycles. The fraction of sp³-hybridized carbons (Fsp3) is 0.182. The third-order valence-electron chi connectivity index (χ3n) is 4.57. The number of aromatic nitrogens is 1. The molecule has 0 atom stereocenters. The Morgan fingerprint density at radius 2 is 1.93 bits per heavy atom. The first-order chi connectivity index (χ1) is 13.4. The quantitative estimate of drug-likeness (QED) is 0.320. The first-order valence-corrected chi connectivity index (χ1v) is 9.91. The maximum atomic E-state index is 12.3. The van der Waals surface area contributed by atoms with Gasteiger partial charge in [0.1, 0.15) is 5.75 Å². The number of nitrogens with one attached hydrogen (secondary N) is 1. The molecule has 1 N–H and O–H groups in total. The molecule has 0 aliphatic rings. The van der Waals surface area contributed by atoms with Gasteiger partial charge in [-0.3, -0.25) is 4.79 Å². The average Bonchev–Trinajstić information content (AvgIpc) is 2.97. The van der Waals surface area contributed by atoms with Gasteiger partial charge in [0.05, 0.1) is 13.3 Å². The lowest BCUT2D eigenvalue weighted by molar-refractivity contribution is 0.0955. The summed E-state index contributed by atoms with van der Waals surface area (Å²) in [5.41, 5.74) is 8.57. The Labute approximate surface area is 178 Å². The molecular weight excluding hydrogens is 465 g/mol. The number of hydrogen-bond donors (Lipinski definition) is 1. The topological polar surface area (TPSA) is 55.6 Å². The van der Waals surface area contributed by atoms with Crippen molar-refractivity contribution in [3.63, 3.8) is 0 Å². The van der Waals surface area contributed by atoms with Crippen molar-refractivity contribution in [1.82, 2.24) is 9.99 Å². The van der Waals surface area contributed by atoms with Crippen LogP contribution in [-0.4, -0.2) is 23.8 Å². The van der Waals surface area contributed by atoms with Crippen LogP contribution in [0.2, 0.25) is 0 Å². The van der Waals surface area contributed by atoms with Crippen molar-refractivity contribution in [3.05, 3.63) is 80.2 Å². The van der Waals surface area contributed by atoms with E-state index in [1.54, 1.807) is 37.6 Å². The lowest BCUT2D eigenvalue weighted by atomic mass is 10.2. The minimum atomic E-state index is -0.280. The zero-order valence-electron chi connectivity index (χ0n) is 16.3. The summed E-state index contributed by atoms with van der Waals surface area (Å²) in [7, 11) is 1.57. The van der Waals surface area contributed by atoms with Gasteiger partial charge in [-0.1, -0.05) is 6.07 Å². The van der Waals surface area contributed by atoms with Crippen LogP contribution in [0.5, 0.6) is 5.75 Å². The maximum Gasteiger partial charge on any atom is 0.271 e. The fourth-order valence-electron chi connectivity index (χ4n) is 3.07. The first kappa shape index (κ1) is 20.1. The third kappa shape index (κ3) is 4.27. The smallest absolute Gasteiger partial charge is 0.271 e. The molecule has 0 unspecified atom stereocenters. The summed E-state index contributed by atoms with van der Waals surface area (Å²) >= 11 is 2.34. The third-order valence-corrected chi connectivity index (χ3v) is 5.78. The summed E-state index contributed by atoms with van der Waals surface area (Å²) in [6.45, 7) is 6.22. The van der Waals surface area contributed by atoms with Crippen molar-refractivity contribution in [2.45, 2.75) is 20.8 Å². The van der Waals surface area contributed by atoms with Gasteiger partial charge in [-0.15, -0.1) is 0 Å². The Balaban J connectivity index is 1.79. The van der Waals surface area contributed by atoms with Gasteiger partial charge in [-0.05, 0) is 91.4 Å². The summed E-state index contributed by atoms with van der Waals surface area (Å²) < 4.78 is 8.58. The highest BCUT2D eigenvalue weighted by molar-refractivity contribution is 14.1. The molecule has 2 aromatic carbocycles. The van der Waals surface area contributed by atoms with E-state index in [2.05, 4.69) is 75.8 Å². The van der Waals surface area contributed by atoms with Gasteiger partial charge >= 0.3 is 0 Å². The van der Waals surface area contributed by atoms with E-state index in [0.29, 0.717) is 11.3 Å². The normalized spacial score (nSPS) is 11.0. The van der Waals surface area contributed by atoms with Gasteiger partial charge in [0.2, 0.25) is 0 Å². The van der Waals surface area contributed by atoms with Gasteiger partial charge in [0.15, 0.2) is 0 Å². The molecule has 1 aromatic heterocycles. The van der Waals surface area contributed by atoms with Gasteiger partial charge < -0.3 is 9.30 Å². The average molecular weight is 487 g/mol. The van der Waals surface area contributed by atoms with Crippen LogP contribution in [-0.2, 0) is 0 Å². The predicted molar refractivity (Wildman–Crippen MR) is 121 cm³/mol. The summed E-state index contributed by atoms with van der Waals surface area (Å²) in [5.74, 6) is 0.352. The number of nitrogens with zero attached hydrogens (tertiary/aromatic N) is 2. The molecule has 5 nitrogen and oxygen atoms in total. The standard InChI is InChI=1S/C22H22IN3O2/c1-14-10-19(8-9-21(14)23)26-15(2)11-18(16(26)3)13-24-25-22(27)17-6-5-7-20(12-17)28-4/h5-13H,1-4H3,(H,25,27)/b24-13-. The minimum Gasteiger partial charge on any atom is -0.497 e. The lowest BCUT2D eigenvalue weighted by Gasteiger charge is -2.11. The molecule has 0 bridgehead atoms. The molecule has 0 fully saturated rings. The summed E-state index contributed by atoms with van der Waals surface area (Å²) in [4.78, 5) is 12.3. The Morgan fingerprint density at radius 3 is 2.64 bits per heavy atom. The summed E-state index contributed by atoms with van der Waals surface area (Å²) in [6, 6.07) is 15.4. The van der Waals surface area contributed by atoms with Crippen molar-refractivity contribution < 1.29 is 9.53 Å². The monoisotopic (exact) mass is 487 g/mol. The van der Waals surface area contributed by atoms with Crippen molar-refractivity contribution >= 4 is 34.7 Å². The zero-order chi connectivity index (χ0) is 20.3. The van der Waals surface area contributed by atoms with Crippen molar-refractivity contribution in [3.8, 4) is 11.4 Å². The SMILES string of the molecule is COc1cccc(C(=O)N/N=C\c2cc(C)n(-c3ccc(I)c(C)c3)c2C)c1. The molecule has 0 radical (unpaired) electrons. The Bertz CT molecular complexity index is 1050. The molecule has 3 rings (SSSR count). The fourth-order valence-corrected chi connectivity index (χ4v) is 3.41. The highest BCUT2D eigenvalue weighted by atomic mass is 127. The van der Waals surface area contributed by atoms with E-state index >= 15 is 0 Å². The molecule has 1 heterocycles. The molecular formula is C22H22IN3O2. The number of methoxy groups -OCH3 is 1. The molecule has 0 saturated carbocycles. The van der Waals surface area contributed by atoms with Crippen LogP contribution in [0.3, 0.4) is 0 Å². The van der Waals surface area contributed by atoms with Crippen LogP contribution in [0, 0.1) is 24.3 Å². The maximum absolute atomic E-state index is 12.3. The van der Waals surface area contributed by atoms with E-state index in [4.69, 9.17) is 4.74 Å². The van der Waals surface area contributed by atoms with Gasteiger partial charge in [0.25, 0.3) is 5.91 Å². The highest BCUT2D eigenvalue weighted by Crippen LogP contribution is 2.22. The molecule has 3 aromatic rings. The van der Waals surface area contributed by atoms with E-state index in [-0.39, 0.29) is 5.91 Å². The number of hydrogen-bond acceptors (Lipinski definition) is 3. The predicted octanol–water partition coefficient (Wildman–Crippen LogP) is 4.78. The Kier molecular flexibility index (Phi) is 6.18. The molecule has 144 valence electrons. The molecule has 0 spiro atoms. The first-order valence-electron chi connectivity index (χ1n) is 8.83. The number of aryl methyl sites for hydroxylation is 2. The Hall–Kier alpha value is -2.61. The molecule has 0 aliphatic carbocycles. The second kappa shape index (κ2) is 8.60. The molecule has 1 amide bonds. The van der Waals surface area contributed by atoms with Crippen molar-refractivity contribution in [2.24, 2.45) is 5.10 Å². The molecule has 6 heteroatoms. The van der Waals surface area contributed by atoms with Crippen LogP contribution >= 0.6 is 22.6 Å². The number of carbonyl (C=O) groups excluding carboxylic acids is 1. The number of carbonyl (C=O) groups is 1. The van der Waals surface area contributed by atoms with E-state index < -0.39 is 0 Å². The zero-order valence-corrected chi connectivity index (χ0v) is 18.4. The Morgan fingerprint density at radius 1 is 1.14 bits per heavy atom. The number of rotatable bonds is 5. The number of benzene rings is 2. The van der Waals surface area contributed by atoms with Crippen LogP contribution in [0.25, 0.3) is 5.69 Å². The second-order valence-electron chi connectivity index (χ2n) is 6.53. The molecule has 28 heavy (non-hydrogen) atoms. The van der Waals surface area contributed by atoms with Crippen molar-refractivity contribution in [2.75, 3.05) is 7.11 Å². The summed E-state index contributed by atoms with van der Waals surface area (Å²) in [6.07, 6.45) is 1.68. The second-order valence-corrected chi connectivity index (χ2v) is 7.69. The van der Waals surface area contributed by atoms with Gasteiger partial charge in [0, 0.05) is 31.8 Å². The minimum absolute atomic E-state index is 0.280. The van der Waals surface area contributed by atoms with E-state index in [1.165, 1.54) is 9.13 Å². The van der Waals surface area contributed by atoms with E-state index in [0.717, 1.165) is 22.6 Å². The van der Waals surface area contributed by atoms with Crippen molar-refractivity contribution in [1.29, 1.82) is 0 Å². The number of halogens is 1. The number of amides is 1. The molecule has 0 saturated heterocycles. The van der Waals surface area contributed by atoms with Crippen LogP contribution in [0.4, 0.5) is 0 Å². The van der Waals surface area contributed by atoms with E-state index in [1.807, 2.05) is 6.92 Å². The van der Waals surface area contributed by atoms with E-state index in [9.17, 15) is 4.79 Å². The van der Waals surface area contributed by atoms with Crippen LogP contribution in [0.1, 0.15) is 32.9 Å². The summed E-state index contributed by atoms with van der Waals surface area (Å²) in [5, 5.41) is 4.13. The number of ether oxygens (including phenoxy) is 1. The van der Waals surface area contributed by atoms with Gasteiger partial charge in [-0.2, -0.15) is 5.10 Å². The number of hydrazone groups is 1. The van der Waals surface area contributed by atoms with Crippen LogP contribution in [0.15, 0.2) is 53.6 Å². The lowest BCUT2D eigenvalue weighted by Crippen LogP contribution is -2.17. The highest BCUT2D eigenvalue weighted by Gasteiger charge is 2.11. The van der Waals surface area contributed by atoms with Gasteiger partial charge in [-0.25, -0.2) is 5.43 Å².